The fraction of sp³-hybridized carbons (Fsp3) is 0.455. The van der Waals surface area contributed by atoms with E-state index in [1.165, 1.54) is 10.8 Å². The number of alkyl halides is 3. The maximum atomic E-state index is 13.0. The van der Waals surface area contributed by atoms with Crippen molar-refractivity contribution < 1.29 is 13.2 Å². The average molecular weight is 258 g/mol. The normalized spacial score (nSPS) is 15.9. The summed E-state index contributed by atoms with van der Waals surface area (Å²) in [6, 6.07) is 3.24. The third kappa shape index (κ3) is 1.74. The first-order valence-electron chi connectivity index (χ1n) is 5.46. The lowest BCUT2D eigenvalue weighted by atomic mass is 10.0. The van der Waals surface area contributed by atoms with Crippen molar-refractivity contribution in [2.45, 2.75) is 32.1 Å². The minimum Gasteiger partial charge on any atom is -0.312 e. The van der Waals surface area contributed by atoms with E-state index in [-0.39, 0.29) is 5.82 Å². The van der Waals surface area contributed by atoms with Gasteiger partial charge in [-0.15, -0.1) is 0 Å². The van der Waals surface area contributed by atoms with E-state index in [4.69, 9.17) is 5.73 Å². The van der Waals surface area contributed by atoms with Gasteiger partial charge in [0.05, 0.1) is 0 Å². The molecule has 0 saturated heterocycles. The number of hydrogen-bond acceptors (Lipinski definition) is 3. The van der Waals surface area contributed by atoms with Gasteiger partial charge in [0.2, 0.25) is 0 Å². The number of fused-ring (bicyclic) bond motifs is 1. The second kappa shape index (κ2) is 3.94. The Bertz CT molecular complexity index is 571. The predicted octanol–water partition coefficient (Wildman–Crippen LogP) is 2.19. The highest BCUT2D eigenvalue weighted by Crippen LogP contribution is 2.36. The number of nitrogens with two attached hydrogens (primary N) is 1. The summed E-state index contributed by atoms with van der Waals surface area (Å²) in [4.78, 5) is 8.02. The van der Waals surface area contributed by atoms with Crippen molar-refractivity contribution in [3.05, 3.63) is 24.2 Å². The molecular weight excluding hydrogens is 245 g/mol. The van der Waals surface area contributed by atoms with Gasteiger partial charge in [-0.1, -0.05) is 0 Å². The molecule has 0 amide bonds. The molecule has 98 valence electrons. The van der Waals surface area contributed by atoms with E-state index in [1.807, 2.05) is 0 Å². The summed E-state index contributed by atoms with van der Waals surface area (Å²) < 4.78 is 40.3. The molecule has 0 fully saturated rings. The van der Waals surface area contributed by atoms with Crippen LogP contribution in [-0.2, 0) is 12.1 Å². The molecule has 18 heavy (non-hydrogen) atoms. The van der Waals surface area contributed by atoms with Crippen LogP contribution < -0.4 is 5.73 Å². The zero-order valence-electron chi connectivity index (χ0n) is 9.99. The van der Waals surface area contributed by atoms with Gasteiger partial charge in [0.15, 0.2) is 11.2 Å². The van der Waals surface area contributed by atoms with Crippen LogP contribution in [0, 0.1) is 0 Å². The summed E-state index contributed by atoms with van der Waals surface area (Å²) >= 11 is 0. The fourth-order valence-electron chi connectivity index (χ4n) is 1.78. The number of aryl methyl sites for hydroxylation is 1. The summed E-state index contributed by atoms with van der Waals surface area (Å²) in [6.45, 7) is 2.97. The van der Waals surface area contributed by atoms with E-state index in [2.05, 4.69) is 9.97 Å². The van der Waals surface area contributed by atoms with E-state index < -0.39 is 11.7 Å². The van der Waals surface area contributed by atoms with Gasteiger partial charge in [-0.05, 0) is 26.0 Å². The predicted molar refractivity (Wildman–Crippen MR) is 60.8 cm³/mol. The molecule has 2 rings (SSSR count). The highest BCUT2D eigenvalue weighted by molar-refractivity contribution is 5.71. The smallest absolute Gasteiger partial charge is 0.312 e. The number of rotatable bonds is 2. The molecule has 0 bridgehead atoms. The zero-order chi connectivity index (χ0) is 13.6. The quantitative estimate of drug-likeness (QED) is 0.898. The maximum Gasteiger partial charge on any atom is 0.413 e. The first-order chi connectivity index (χ1) is 8.29. The summed E-state index contributed by atoms with van der Waals surface area (Å²) in [6.07, 6.45) is -3.05. The summed E-state index contributed by atoms with van der Waals surface area (Å²) in [5.74, 6) is -0.216. The maximum absolute atomic E-state index is 13.0. The minimum atomic E-state index is -4.57. The Morgan fingerprint density at radius 3 is 2.61 bits per heavy atom. The lowest BCUT2D eigenvalue weighted by Gasteiger charge is -2.27. The summed E-state index contributed by atoms with van der Waals surface area (Å²) in [5, 5.41) is 0. The minimum absolute atomic E-state index is 0.216. The highest BCUT2D eigenvalue weighted by atomic mass is 19.4. The van der Waals surface area contributed by atoms with Crippen LogP contribution in [-0.4, -0.2) is 20.7 Å². The first-order valence-corrected chi connectivity index (χ1v) is 5.46. The Morgan fingerprint density at radius 1 is 1.39 bits per heavy atom. The summed E-state index contributed by atoms with van der Waals surface area (Å²) in [7, 11) is 0. The van der Waals surface area contributed by atoms with Crippen molar-refractivity contribution in [3.63, 3.8) is 0 Å². The molecule has 0 aliphatic carbocycles. The molecule has 0 spiro atoms. The SMILES string of the molecule is CCn1c(C(C)(N)C(F)(F)F)nc2cccnc21. The Morgan fingerprint density at radius 2 is 2.06 bits per heavy atom. The molecular formula is C11H13F3N4. The number of nitrogens with zero attached hydrogens (tertiary/aromatic N) is 3. The van der Waals surface area contributed by atoms with Crippen LogP contribution in [0.5, 0.6) is 0 Å². The molecule has 1 atom stereocenters. The van der Waals surface area contributed by atoms with Crippen LogP contribution in [0.15, 0.2) is 18.3 Å². The van der Waals surface area contributed by atoms with Crippen LogP contribution in [0.4, 0.5) is 13.2 Å². The number of halogens is 3. The second-order valence-electron chi connectivity index (χ2n) is 4.23. The Labute approximate surface area is 102 Å². The number of pyridine rings is 1. The molecule has 0 aliphatic heterocycles. The van der Waals surface area contributed by atoms with Gasteiger partial charge in [0, 0.05) is 12.7 Å². The van der Waals surface area contributed by atoms with Crippen molar-refractivity contribution in [2.75, 3.05) is 0 Å². The standard InChI is InChI=1S/C11H13F3N4/c1-3-18-8-7(5-4-6-16-8)17-9(18)10(2,15)11(12,13)14/h4-6H,3,15H2,1-2H3. The zero-order valence-corrected chi connectivity index (χ0v) is 9.99. The van der Waals surface area contributed by atoms with E-state index in [0.717, 1.165) is 6.92 Å². The van der Waals surface area contributed by atoms with Crippen LogP contribution in [0.25, 0.3) is 11.2 Å². The van der Waals surface area contributed by atoms with Crippen LogP contribution >= 0.6 is 0 Å². The first kappa shape index (κ1) is 12.8. The molecule has 0 aliphatic rings. The van der Waals surface area contributed by atoms with Crippen molar-refractivity contribution in [1.29, 1.82) is 0 Å². The largest absolute Gasteiger partial charge is 0.413 e. The third-order valence-corrected chi connectivity index (χ3v) is 2.87. The fourth-order valence-corrected chi connectivity index (χ4v) is 1.78. The van der Waals surface area contributed by atoms with Gasteiger partial charge in [-0.3, -0.25) is 0 Å². The van der Waals surface area contributed by atoms with Gasteiger partial charge in [0.25, 0.3) is 0 Å². The lowest BCUT2D eigenvalue weighted by Crippen LogP contribution is -2.49. The summed E-state index contributed by atoms with van der Waals surface area (Å²) in [5.41, 5.74) is 3.75. The van der Waals surface area contributed by atoms with Crippen molar-refractivity contribution in [3.8, 4) is 0 Å². The van der Waals surface area contributed by atoms with E-state index in [1.54, 1.807) is 19.1 Å². The third-order valence-electron chi connectivity index (χ3n) is 2.87. The number of aromatic nitrogens is 3. The number of imidazole rings is 1. The molecule has 0 radical (unpaired) electrons. The lowest BCUT2D eigenvalue weighted by molar-refractivity contribution is -0.186. The number of hydrogen-bond donors (Lipinski definition) is 1. The molecule has 2 aromatic rings. The molecule has 2 heterocycles. The topological polar surface area (TPSA) is 56.7 Å². The van der Waals surface area contributed by atoms with Crippen molar-refractivity contribution in [2.24, 2.45) is 5.73 Å². The highest BCUT2D eigenvalue weighted by Gasteiger charge is 2.52. The van der Waals surface area contributed by atoms with Crippen molar-refractivity contribution in [1.82, 2.24) is 14.5 Å². The Hall–Kier alpha value is -1.63. The molecule has 1 unspecified atom stereocenters. The van der Waals surface area contributed by atoms with Gasteiger partial charge in [-0.25, -0.2) is 9.97 Å². The Balaban J connectivity index is 2.72. The van der Waals surface area contributed by atoms with Crippen LogP contribution in [0.3, 0.4) is 0 Å². The van der Waals surface area contributed by atoms with Gasteiger partial charge in [0.1, 0.15) is 11.3 Å². The van der Waals surface area contributed by atoms with Crippen molar-refractivity contribution >= 4 is 11.2 Å². The molecule has 7 heteroatoms. The van der Waals surface area contributed by atoms with E-state index in [0.29, 0.717) is 17.7 Å². The molecule has 0 saturated carbocycles. The molecule has 2 N–H and O–H groups in total. The molecule has 0 aromatic carbocycles. The van der Waals surface area contributed by atoms with Gasteiger partial charge in [-0.2, -0.15) is 13.2 Å². The second-order valence-corrected chi connectivity index (χ2v) is 4.23. The van der Waals surface area contributed by atoms with Gasteiger partial charge >= 0.3 is 6.18 Å². The van der Waals surface area contributed by atoms with E-state index >= 15 is 0 Å². The average Bonchev–Trinajstić information content (AvgIpc) is 2.66. The monoisotopic (exact) mass is 258 g/mol. The molecule has 4 nitrogen and oxygen atoms in total. The molecule has 2 aromatic heterocycles. The van der Waals surface area contributed by atoms with Gasteiger partial charge < -0.3 is 10.3 Å². The van der Waals surface area contributed by atoms with E-state index in [9.17, 15) is 13.2 Å². The van der Waals surface area contributed by atoms with Crippen LogP contribution in [0.1, 0.15) is 19.7 Å². The van der Waals surface area contributed by atoms with Crippen LogP contribution in [0.2, 0.25) is 0 Å². The Kier molecular flexibility index (Phi) is 2.81.